The average molecular weight is 401 g/mol. The predicted molar refractivity (Wildman–Crippen MR) is 94.8 cm³/mol. The van der Waals surface area contributed by atoms with E-state index >= 15 is 0 Å². The molecule has 0 aliphatic rings. The van der Waals surface area contributed by atoms with Crippen molar-refractivity contribution in [3.8, 4) is 0 Å². The molecule has 25 heavy (non-hydrogen) atoms. The first-order valence-corrected chi connectivity index (χ1v) is 9.58. The van der Waals surface area contributed by atoms with E-state index in [4.69, 9.17) is 5.73 Å². The fourth-order valence-electron chi connectivity index (χ4n) is 1.66. The molecule has 0 saturated heterocycles. The third-order valence-corrected chi connectivity index (χ3v) is 5.88. The third-order valence-electron chi connectivity index (χ3n) is 2.84. The van der Waals surface area contributed by atoms with Crippen LogP contribution < -0.4 is 11.1 Å². The molecule has 0 aromatic carbocycles. The summed E-state index contributed by atoms with van der Waals surface area (Å²) in [5.74, 6) is -1.50. The monoisotopic (exact) mass is 401 g/mol. The van der Waals surface area contributed by atoms with E-state index in [0.29, 0.717) is 16.5 Å². The highest BCUT2D eigenvalue weighted by Crippen LogP contribution is 2.28. The molecule has 0 saturated carbocycles. The number of nitrogens with one attached hydrogen (secondary N) is 1. The summed E-state index contributed by atoms with van der Waals surface area (Å²) in [6.45, 7) is 1.87. The van der Waals surface area contributed by atoms with Crippen LogP contribution in [0.25, 0.3) is 0 Å². The normalized spacial score (nSPS) is 11.8. The summed E-state index contributed by atoms with van der Waals surface area (Å²) in [6.07, 6.45) is 0.645. The predicted octanol–water partition coefficient (Wildman–Crippen LogP) is 1.32. The smallest absolute Gasteiger partial charge is 0.377 e. The standard InChI is InChI=1S/C13H15N5O4S3/c1-3-7(9(14)20)24-13-15-6(5-23-13)4-8(19)16-12-17-10(18-25-12)11(21)22-2/h5,7H,3-4H2,1-2H3,(H2,14,20)(H,16,17,18,19). The second-order valence-electron chi connectivity index (χ2n) is 4.66. The van der Waals surface area contributed by atoms with E-state index in [1.165, 1.54) is 30.2 Å². The Bertz CT molecular complexity index is 775. The Kier molecular flexibility index (Phi) is 6.84. The van der Waals surface area contributed by atoms with Gasteiger partial charge in [0.05, 0.1) is 24.5 Å². The highest BCUT2D eigenvalue weighted by Gasteiger charge is 2.18. The zero-order valence-corrected chi connectivity index (χ0v) is 15.8. The van der Waals surface area contributed by atoms with Gasteiger partial charge in [0.2, 0.25) is 16.9 Å². The van der Waals surface area contributed by atoms with Gasteiger partial charge in [0.25, 0.3) is 5.82 Å². The topological polar surface area (TPSA) is 137 Å². The summed E-state index contributed by atoms with van der Waals surface area (Å²) in [6, 6.07) is 0. The van der Waals surface area contributed by atoms with Crippen LogP contribution in [-0.2, 0) is 20.7 Å². The molecular weight excluding hydrogens is 386 g/mol. The summed E-state index contributed by atoms with van der Waals surface area (Å²) < 4.78 is 8.97. The molecule has 2 aromatic heterocycles. The van der Waals surface area contributed by atoms with Crippen molar-refractivity contribution in [3.63, 3.8) is 0 Å². The van der Waals surface area contributed by atoms with E-state index in [1.54, 1.807) is 5.38 Å². The van der Waals surface area contributed by atoms with Gasteiger partial charge in [0.15, 0.2) is 4.34 Å². The van der Waals surface area contributed by atoms with Crippen LogP contribution in [0.3, 0.4) is 0 Å². The molecule has 12 heteroatoms. The zero-order chi connectivity index (χ0) is 18.4. The van der Waals surface area contributed by atoms with E-state index in [1.807, 2.05) is 6.92 Å². The molecule has 0 aliphatic heterocycles. The maximum atomic E-state index is 12.0. The molecule has 134 valence electrons. The average Bonchev–Trinajstić information content (AvgIpc) is 3.21. The number of thiazole rings is 1. The Balaban J connectivity index is 1.91. The van der Waals surface area contributed by atoms with Gasteiger partial charge in [0.1, 0.15) is 0 Å². The summed E-state index contributed by atoms with van der Waals surface area (Å²) in [7, 11) is 1.22. The van der Waals surface area contributed by atoms with Gasteiger partial charge < -0.3 is 15.8 Å². The van der Waals surface area contributed by atoms with Crippen molar-refractivity contribution in [2.24, 2.45) is 5.73 Å². The van der Waals surface area contributed by atoms with Gasteiger partial charge in [-0.25, -0.2) is 9.78 Å². The van der Waals surface area contributed by atoms with Crippen LogP contribution in [0.4, 0.5) is 5.13 Å². The highest BCUT2D eigenvalue weighted by atomic mass is 32.2. The molecule has 0 bridgehead atoms. The number of methoxy groups -OCH3 is 1. The number of carbonyl (C=O) groups excluding carboxylic acids is 3. The fourth-order valence-corrected chi connectivity index (χ4v) is 4.19. The Morgan fingerprint density at radius 2 is 2.16 bits per heavy atom. The summed E-state index contributed by atoms with van der Waals surface area (Å²) in [4.78, 5) is 42.7. The molecule has 2 rings (SSSR count). The zero-order valence-electron chi connectivity index (χ0n) is 13.3. The number of esters is 1. The molecule has 1 atom stereocenters. The van der Waals surface area contributed by atoms with Gasteiger partial charge in [0, 0.05) is 16.9 Å². The number of thioether (sulfide) groups is 1. The van der Waals surface area contributed by atoms with E-state index in [-0.39, 0.29) is 34.4 Å². The minimum Gasteiger partial charge on any atom is -0.463 e. The second kappa shape index (κ2) is 8.87. The van der Waals surface area contributed by atoms with Crippen LogP contribution in [0.5, 0.6) is 0 Å². The van der Waals surface area contributed by atoms with Gasteiger partial charge in [-0.05, 0) is 6.42 Å². The van der Waals surface area contributed by atoms with Crippen molar-refractivity contribution in [2.75, 3.05) is 12.4 Å². The quantitative estimate of drug-likeness (QED) is 0.499. The van der Waals surface area contributed by atoms with Crippen molar-refractivity contribution in [1.82, 2.24) is 14.3 Å². The fraction of sp³-hybridized carbons (Fsp3) is 0.385. The number of nitrogens with two attached hydrogens (primary N) is 1. The number of aromatic nitrogens is 3. The maximum Gasteiger partial charge on any atom is 0.377 e. The summed E-state index contributed by atoms with van der Waals surface area (Å²) in [5.41, 5.74) is 5.88. The van der Waals surface area contributed by atoms with Crippen molar-refractivity contribution in [2.45, 2.75) is 29.4 Å². The van der Waals surface area contributed by atoms with Crippen LogP contribution in [0.2, 0.25) is 0 Å². The maximum absolute atomic E-state index is 12.0. The minimum absolute atomic E-state index is 0.0392. The van der Waals surface area contributed by atoms with E-state index < -0.39 is 5.97 Å². The van der Waals surface area contributed by atoms with Crippen LogP contribution in [0, 0.1) is 0 Å². The lowest BCUT2D eigenvalue weighted by Crippen LogP contribution is -2.24. The Morgan fingerprint density at radius 1 is 1.40 bits per heavy atom. The van der Waals surface area contributed by atoms with Crippen molar-refractivity contribution in [1.29, 1.82) is 0 Å². The van der Waals surface area contributed by atoms with E-state index in [0.717, 1.165) is 11.5 Å². The van der Waals surface area contributed by atoms with Crippen LogP contribution in [0.1, 0.15) is 29.7 Å². The van der Waals surface area contributed by atoms with Gasteiger partial charge in [-0.2, -0.15) is 9.36 Å². The summed E-state index contributed by atoms with van der Waals surface area (Å²) >= 11 is 3.52. The Hall–Kier alpha value is -2.05. The first-order chi connectivity index (χ1) is 11.9. The molecule has 0 aliphatic carbocycles. The third kappa shape index (κ3) is 5.47. The van der Waals surface area contributed by atoms with E-state index in [2.05, 4.69) is 24.4 Å². The van der Waals surface area contributed by atoms with Crippen LogP contribution >= 0.6 is 34.6 Å². The largest absolute Gasteiger partial charge is 0.463 e. The van der Waals surface area contributed by atoms with Gasteiger partial charge >= 0.3 is 5.97 Å². The number of ether oxygens (including phenoxy) is 1. The van der Waals surface area contributed by atoms with Gasteiger partial charge in [-0.1, -0.05) is 18.7 Å². The lowest BCUT2D eigenvalue weighted by Gasteiger charge is -2.06. The van der Waals surface area contributed by atoms with Crippen molar-refractivity contribution >= 4 is 57.5 Å². The number of hydrogen-bond acceptors (Lipinski definition) is 10. The lowest BCUT2D eigenvalue weighted by atomic mass is 10.3. The molecule has 1 unspecified atom stereocenters. The first kappa shape index (κ1) is 19.3. The van der Waals surface area contributed by atoms with Crippen molar-refractivity contribution in [3.05, 3.63) is 16.9 Å². The number of hydrogen-bond donors (Lipinski definition) is 2. The Morgan fingerprint density at radius 3 is 2.80 bits per heavy atom. The SMILES string of the molecule is CCC(Sc1nc(CC(=O)Nc2nc(C(=O)OC)ns2)cs1)C(N)=O. The number of amides is 2. The lowest BCUT2D eigenvalue weighted by molar-refractivity contribution is -0.117. The second-order valence-corrected chi connectivity index (χ2v) is 7.72. The van der Waals surface area contributed by atoms with Gasteiger partial charge in [-0.3, -0.25) is 9.59 Å². The molecule has 0 spiro atoms. The summed E-state index contributed by atoms with van der Waals surface area (Å²) in [5, 5.41) is 4.16. The molecule has 0 fully saturated rings. The molecular formula is C13H15N5O4S3. The van der Waals surface area contributed by atoms with E-state index in [9.17, 15) is 14.4 Å². The minimum atomic E-state index is -0.669. The molecule has 2 aromatic rings. The molecule has 9 nitrogen and oxygen atoms in total. The van der Waals surface area contributed by atoms with Crippen LogP contribution in [-0.4, -0.2) is 44.5 Å². The molecule has 3 N–H and O–H groups in total. The molecule has 0 radical (unpaired) electrons. The number of carbonyl (C=O) groups is 3. The van der Waals surface area contributed by atoms with Crippen LogP contribution in [0.15, 0.2) is 9.72 Å². The van der Waals surface area contributed by atoms with Gasteiger partial charge in [-0.15, -0.1) is 11.3 Å². The molecule has 2 heterocycles. The number of primary amides is 1. The Labute approximate surface area is 155 Å². The number of anilines is 1. The highest BCUT2D eigenvalue weighted by molar-refractivity contribution is 8.02. The first-order valence-electron chi connectivity index (χ1n) is 7.05. The number of rotatable bonds is 8. The van der Waals surface area contributed by atoms with Crippen molar-refractivity contribution < 1.29 is 19.1 Å². The number of nitrogens with zero attached hydrogens (tertiary/aromatic N) is 3. The molecule has 2 amide bonds.